The molecule has 1 aromatic rings. The second-order valence-electron chi connectivity index (χ2n) is 2.27. The molecule has 0 atom stereocenters. The number of rotatable bonds is 2. The van der Waals surface area contributed by atoms with Crippen LogP contribution in [0.1, 0.15) is 10.4 Å². The number of nitrogens with zero attached hydrogens (tertiary/aromatic N) is 1. The normalized spacial score (nSPS) is 9.21. The third-order valence-electron chi connectivity index (χ3n) is 1.34. The Labute approximate surface area is 79.1 Å². The fraction of sp³-hybridized carbons (Fsp3) is 0.125. The molecular weight excluding hydrogens is 190 g/mol. The molecule has 6 heteroatoms. The summed E-state index contributed by atoms with van der Waals surface area (Å²) in [6, 6.07) is 1.23. The first-order valence-corrected chi connectivity index (χ1v) is 3.57. The third kappa shape index (κ3) is 2.44. The van der Waals surface area contributed by atoms with Crippen molar-refractivity contribution >= 4 is 12.1 Å². The maximum atomic E-state index is 11.0. The summed E-state index contributed by atoms with van der Waals surface area (Å²) in [4.78, 5) is 24.8. The Balaban J connectivity index is 2.89. The van der Waals surface area contributed by atoms with Gasteiger partial charge in [0.1, 0.15) is 0 Å². The number of carbonyl (C=O) groups excluding carboxylic acids is 1. The maximum Gasteiger partial charge on any atom is 0.511 e. The summed E-state index contributed by atoms with van der Waals surface area (Å²) < 4.78 is 8.71. The zero-order valence-corrected chi connectivity index (χ0v) is 7.26. The van der Waals surface area contributed by atoms with Crippen molar-refractivity contribution in [3.05, 3.63) is 24.0 Å². The molecule has 1 rings (SSSR count). The van der Waals surface area contributed by atoms with Crippen LogP contribution in [0.15, 0.2) is 18.5 Å². The van der Waals surface area contributed by atoms with Crippen molar-refractivity contribution in [2.45, 2.75) is 0 Å². The molecular formula is C8H7NO5. The summed E-state index contributed by atoms with van der Waals surface area (Å²) in [7, 11) is 1.22. The van der Waals surface area contributed by atoms with Crippen molar-refractivity contribution in [1.82, 2.24) is 4.98 Å². The number of pyridine rings is 1. The van der Waals surface area contributed by atoms with Gasteiger partial charge in [-0.3, -0.25) is 4.98 Å². The highest BCUT2D eigenvalue weighted by atomic mass is 16.7. The van der Waals surface area contributed by atoms with E-state index in [1.807, 2.05) is 0 Å². The van der Waals surface area contributed by atoms with E-state index in [1.54, 1.807) is 0 Å². The van der Waals surface area contributed by atoms with E-state index in [-0.39, 0.29) is 11.3 Å². The zero-order valence-electron chi connectivity index (χ0n) is 7.26. The quantitative estimate of drug-likeness (QED) is 0.709. The number of carboxylic acid groups (broad SMARTS) is 1. The Morgan fingerprint density at radius 1 is 1.43 bits per heavy atom. The van der Waals surface area contributed by atoms with E-state index >= 15 is 0 Å². The lowest BCUT2D eigenvalue weighted by atomic mass is 10.3. The highest BCUT2D eigenvalue weighted by molar-refractivity contribution is 5.89. The number of esters is 1. The van der Waals surface area contributed by atoms with E-state index in [0.717, 1.165) is 0 Å². The van der Waals surface area contributed by atoms with Crippen molar-refractivity contribution in [2.75, 3.05) is 7.11 Å². The molecule has 0 aliphatic rings. The van der Waals surface area contributed by atoms with Crippen LogP contribution in [0.25, 0.3) is 0 Å². The second-order valence-corrected chi connectivity index (χ2v) is 2.27. The van der Waals surface area contributed by atoms with Crippen LogP contribution in [0.2, 0.25) is 0 Å². The first kappa shape index (κ1) is 9.97. The van der Waals surface area contributed by atoms with Crippen LogP contribution in [-0.2, 0) is 4.74 Å². The molecule has 14 heavy (non-hydrogen) atoms. The van der Waals surface area contributed by atoms with Crippen LogP contribution in [-0.4, -0.2) is 29.3 Å². The maximum absolute atomic E-state index is 11.0. The molecule has 0 aliphatic heterocycles. The van der Waals surface area contributed by atoms with E-state index in [4.69, 9.17) is 5.11 Å². The minimum atomic E-state index is -1.46. The van der Waals surface area contributed by atoms with Crippen LogP contribution < -0.4 is 4.74 Å². The van der Waals surface area contributed by atoms with Gasteiger partial charge in [-0.15, -0.1) is 0 Å². The fourth-order valence-electron chi connectivity index (χ4n) is 0.805. The van der Waals surface area contributed by atoms with Gasteiger partial charge in [-0.25, -0.2) is 9.59 Å². The monoisotopic (exact) mass is 197 g/mol. The Bertz CT molecular complexity index is 363. The van der Waals surface area contributed by atoms with Crippen LogP contribution >= 0.6 is 0 Å². The average Bonchev–Trinajstić information content (AvgIpc) is 2.16. The molecule has 0 aromatic carbocycles. The van der Waals surface area contributed by atoms with E-state index in [0.29, 0.717) is 0 Å². The van der Waals surface area contributed by atoms with Crippen LogP contribution in [0, 0.1) is 0 Å². The van der Waals surface area contributed by atoms with E-state index < -0.39 is 12.1 Å². The molecule has 1 heterocycles. The SMILES string of the molecule is COC(=O)c1cncc(OC(=O)O)c1. The predicted octanol–water partition coefficient (Wildman–Crippen LogP) is 0.925. The molecule has 0 aliphatic carbocycles. The minimum absolute atomic E-state index is 0.0274. The summed E-state index contributed by atoms with van der Waals surface area (Å²) in [5.74, 6) is -0.631. The Hall–Kier alpha value is -2.11. The Morgan fingerprint density at radius 2 is 2.14 bits per heavy atom. The van der Waals surface area contributed by atoms with Crippen LogP contribution in [0.4, 0.5) is 4.79 Å². The van der Waals surface area contributed by atoms with Gasteiger partial charge in [0.15, 0.2) is 5.75 Å². The van der Waals surface area contributed by atoms with Gasteiger partial charge in [0.2, 0.25) is 0 Å². The number of aromatic nitrogens is 1. The van der Waals surface area contributed by atoms with Gasteiger partial charge in [-0.05, 0) is 6.07 Å². The minimum Gasteiger partial charge on any atom is -0.465 e. The van der Waals surface area contributed by atoms with Crippen molar-refractivity contribution in [3.63, 3.8) is 0 Å². The summed E-state index contributed by atoms with van der Waals surface area (Å²) in [6.07, 6.45) is 0.968. The van der Waals surface area contributed by atoms with Gasteiger partial charge in [-0.2, -0.15) is 0 Å². The van der Waals surface area contributed by atoms with Crippen LogP contribution in [0.3, 0.4) is 0 Å². The topological polar surface area (TPSA) is 85.7 Å². The summed E-state index contributed by atoms with van der Waals surface area (Å²) in [5.41, 5.74) is 0.131. The van der Waals surface area contributed by atoms with Gasteiger partial charge >= 0.3 is 12.1 Å². The number of hydrogen-bond acceptors (Lipinski definition) is 5. The standard InChI is InChI=1S/C8H7NO5/c1-13-7(10)5-2-6(4-9-3-5)14-8(11)12/h2-4H,1H3,(H,11,12). The molecule has 0 amide bonds. The Kier molecular flexibility index (Phi) is 3.01. The highest BCUT2D eigenvalue weighted by Gasteiger charge is 2.08. The van der Waals surface area contributed by atoms with Gasteiger partial charge in [0.05, 0.1) is 18.9 Å². The van der Waals surface area contributed by atoms with Gasteiger partial charge < -0.3 is 14.6 Å². The molecule has 0 fully saturated rings. The number of ether oxygens (including phenoxy) is 2. The lowest BCUT2D eigenvalue weighted by Crippen LogP contribution is -2.06. The van der Waals surface area contributed by atoms with Crippen molar-refractivity contribution in [3.8, 4) is 5.75 Å². The van der Waals surface area contributed by atoms with Gasteiger partial charge in [-0.1, -0.05) is 0 Å². The molecule has 0 radical (unpaired) electrons. The van der Waals surface area contributed by atoms with Crippen molar-refractivity contribution in [2.24, 2.45) is 0 Å². The largest absolute Gasteiger partial charge is 0.511 e. The lowest BCUT2D eigenvalue weighted by molar-refractivity contribution is 0.0599. The van der Waals surface area contributed by atoms with Gasteiger partial charge in [0.25, 0.3) is 0 Å². The summed E-state index contributed by atoms with van der Waals surface area (Å²) in [6.45, 7) is 0. The number of methoxy groups -OCH3 is 1. The number of carbonyl (C=O) groups is 2. The smallest absolute Gasteiger partial charge is 0.465 e. The molecule has 0 spiro atoms. The molecule has 6 nitrogen and oxygen atoms in total. The first-order valence-electron chi connectivity index (χ1n) is 3.57. The van der Waals surface area contributed by atoms with Gasteiger partial charge in [0, 0.05) is 6.20 Å². The van der Waals surface area contributed by atoms with Crippen LogP contribution in [0.5, 0.6) is 5.75 Å². The third-order valence-corrected chi connectivity index (χ3v) is 1.34. The number of hydrogen-bond donors (Lipinski definition) is 1. The summed E-state index contributed by atoms with van der Waals surface area (Å²) in [5, 5.41) is 8.29. The molecule has 1 aromatic heterocycles. The molecule has 0 saturated heterocycles. The molecule has 74 valence electrons. The van der Waals surface area contributed by atoms with E-state index in [1.165, 1.54) is 25.6 Å². The first-order chi connectivity index (χ1) is 6.63. The molecule has 0 bridgehead atoms. The van der Waals surface area contributed by atoms with Crippen molar-refractivity contribution < 1.29 is 24.2 Å². The highest BCUT2D eigenvalue weighted by Crippen LogP contribution is 2.11. The summed E-state index contributed by atoms with van der Waals surface area (Å²) >= 11 is 0. The molecule has 0 saturated carbocycles. The van der Waals surface area contributed by atoms with E-state index in [9.17, 15) is 9.59 Å². The lowest BCUT2D eigenvalue weighted by Gasteiger charge is -2.01. The zero-order chi connectivity index (χ0) is 10.6. The molecule has 1 N–H and O–H groups in total. The predicted molar refractivity (Wildman–Crippen MR) is 44.2 cm³/mol. The second kappa shape index (κ2) is 4.22. The average molecular weight is 197 g/mol. The van der Waals surface area contributed by atoms with E-state index in [2.05, 4.69) is 14.5 Å². The Morgan fingerprint density at radius 3 is 2.71 bits per heavy atom. The molecule has 0 unspecified atom stereocenters. The van der Waals surface area contributed by atoms with Crippen molar-refractivity contribution in [1.29, 1.82) is 0 Å². The fourth-order valence-corrected chi connectivity index (χ4v) is 0.805.